The second kappa shape index (κ2) is 7.05. The van der Waals surface area contributed by atoms with E-state index in [0.29, 0.717) is 10.9 Å². The van der Waals surface area contributed by atoms with Gasteiger partial charge in [-0.15, -0.1) is 11.8 Å². The molecule has 0 aliphatic heterocycles. The number of rotatable bonds is 5. The van der Waals surface area contributed by atoms with Crippen molar-refractivity contribution in [1.82, 2.24) is 5.32 Å². The van der Waals surface area contributed by atoms with Crippen LogP contribution in [-0.2, 0) is 4.79 Å². The molecule has 1 rings (SSSR count). The van der Waals surface area contributed by atoms with Gasteiger partial charge in [-0.3, -0.25) is 4.79 Å². The zero-order valence-corrected chi connectivity index (χ0v) is 12.8. The fourth-order valence-corrected chi connectivity index (χ4v) is 2.28. The summed E-state index contributed by atoms with van der Waals surface area (Å²) in [4.78, 5) is 13.0. The minimum absolute atomic E-state index is 0.0798. The number of carbonyl (C=O) groups is 1. The molecular weight excluding hydrogens is 266 g/mol. The number of nitrogens with one attached hydrogen (secondary N) is 1. The first-order valence-corrected chi connectivity index (χ1v) is 7.38. The number of amides is 1. The van der Waals surface area contributed by atoms with E-state index >= 15 is 0 Å². The fourth-order valence-electron chi connectivity index (χ4n) is 1.28. The lowest BCUT2D eigenvalue weighted by atomic mass is 10.1. The summed E-state index contributed by atoms with van der Waals surface area (Å²) in [6.07, 6.45) is 0. The SMILES string of the molecule is CC(C)[C@@H](C)NC(=O)[C@@H](C)Sc1ccc(Cl)cc1. The van der Waals surface area contributed by atoms with E-state index in [9.17, 15) is 4.79 Å². The molecule has 1 aromatic carbocycles. The van der Waals surface area contributed by atoms with Gasteiger partial charge < -0.3 is 5.32 Å². The van der Waals surface area contributed by atoms with Crippen molar-refractivity contribution in [1.29, 1.82) is 0 Å². The molecule has 1 amide bonds. The second-order valence-corrected chi connectivity index (χ2v) is 6.61. The molecule has 0 heterocycles. The third kappa shape index (κ3) is 4.91. The van der Waals surface area contributed by atoms with E-state index in [-0.39, 0.29) is 17.2 Å². The summed E-state index contributed by atoms with van der Waals surface area (Å²) in [6, 6.07) is 7.74. The highest BCUT2D eigenvalue weighted by molar-refractivity contribution is 8.00. The average molecular weight is 286 g/mol. The summed E-state index contributed by atoms with van der Waals surface area (Å²) in [5.41, 5.74) is 0. The highest BCUT2D eigenvalue weighted by Crippen LogP contribution is 2.24. The van der Waals surface area contributed by atoms with Gasteiger partial charge in [-0.1, -0.05) is 25.4 Å². The first-order chi connectivity index (χ1) is 8.40. The molecule has 1 aromatic rings. The Morgan fingerprint density at radius 3 is 2.22 bits per heavy atom. The Hall–Kier alpha value is -0.670. The first-order valence-electron chi connectivity index (χ1n) is 6.12. The normalized spacial score (nSPS) is 14.3. The molecule has 2 atom stereocenters. The van der Waals surface area contributed by atoms with Crippen LogP contribution in [0, 0.1) is 5.92 Å². The van der Waals surface area contributed by atoms with Crippen molar-refractivity contribution in [2.45, 2.75) is 43.9 Å². The number of hydrogen-bond donors (Lipinski definition) is 1. The van der Waals surface area contributed by atoms with Gasteiger partial charge in [0.15, 0.2) is 0 Å². The summed E-state index contributed by atoms with van der Waals surface area (Å²) < 4.78 is 0. The van der Waals surface area contributed by atoms with Gasteiger partial charge in [0.1, 0.15) is 0 Å². The third-order valence-electron chi connectivity index (χ3n) is 2.87. The van der Waals surface area contributed by atoms with Crippen molar-refractivity contribution in [2.24, 2.45) is 5.92 Å². The smallest absolute Gasteiger partial charge is 0.233 e. The summed E-state index contributed by atoms with van der Waals surface area (Å²) in [5.74, 6) is 0.526. The Labute approximate surface area is 118 Å². The molecule has 0 unspecified atom stereocenters. The van der Waals surface area contributed by atoms with Crippen molar-refractivity contribution in [3.8, 4) is 0 Å². The molecule has 0 aliphatic carbocycles. The van der Waals surface area contributed by atoms with E-state index in [1.165, 1.54) is 0 Å². The molecule has 0 aromatic heterocycles. The van der Waals surface area contributed by atoms with E-state index in [1.54, 1.807) is 11.8 Å². The van der Waals surface area contributed by atoms with Crippen LogP contribution in [0.5, 0.6) is 0 Å². The minimum atomic E-state index is -0.104. The number of thioether (sulfide) groups is 1. The van der Waals surface area contributed by atoms with Gasteiger partial charge in [0, 0.05) is 16.0 Å². The Balaban J connectivity index is 2.52. The summed E-state index contributed by atoms with van der Waals surface area (Å²) in [5, 5.41) is 3.63. The number of benzene rings is 1. The van der Waals surface area contributed by atoms with Crippen LogP contribution in [0.4, 0.5) is 0 Å². The van der Waals surface area contributed by atoms with Gasteiger partial charge >= 0.3 is 0 Å². The maximum atomic E-state index is 12.0. The molecule has 4 heteroatoms. The molecule has 0 saturated carbocycles. The second-order valence-electron chi connectivity index (χ2n) is 4.76. The van der Waals surface area contributed by atoms with Crippen molar-refractivity contribution < 1.29 is 4.79 Å². The molecule has 0 saturated heterocycles. The summed E-state index contributed by atoms with van der Waals surface area (Å²) in [7, 11) is 0. The third-order valence-corrected chi connectivity index (χ3v) is 4.23. The van der Waals surface area contributed by atoms with Crippen LogP contribution >= 0.6 is 23.4 Å². The lowest BCUT2D eigenvalue weighted by Gasteiger charge is -2.20. The van der Waals surface area contributed by atoms with Crippen molar-refractivity contribution >= 4 is 29.3 Å². The Bertz CT molecular complexity index is 391. The van der Waals surface area contributed by atoms with Crippen molar-refractivity contribution in [2.75, 3.05) is 0 Å². The molecule has 0 fully saturated rings. The summed E-state index contributed by atoms with van der Waals surface area (Å²) in [6.45, 7) is 8.15. The van der Waals surface area contributed by atoms with Gasteiger partial charge in [0.25, 0.3) is 0 Å². The van der Waals surface area contributed by atoms with Crippen molar-refractivity contribution in [3.63, 3.8) is 0 Å². The Morgan fingerprint density at radius 2 is 1.72 bits per heavy atom. The number of carbonyl (C=O) groups excluding carboxylic acids is 1. The molecule has 100 valence electrons. The molecular formula is C14H20ClNOS. The van der Waals surface area contributed by atoms with Gasteiger partial charge in [-0.25, -0.2) is 0 Å². The highest BCUT2D eigenvalue weighted by Gasteiger charge is 2.17. The number of hydrogen-bond acceptors (Lipinski definition) is 2. The standard InChI is InChI=1S/C14H20ClNOS/c1-9(2)10(3)16-14(17)11(4)18-13-7-5-12(15)6-8-13/h5-11H,1-4H3,(H,16,17)/t10-,11-/m1/s1. The predicted molar refractivity (Wildman–Crippen MR) is 79.2 cm³/mol. The molecule has 0 spiro atoms. The largest absolute Gasteiger partial charge is 0.352 e. The Kier molecular flexibility index (Phi) is 6.03. The fraction of sp³-hybridized carbons (Fsp3) is 0.500. The topological polar surface area (TPSA) is 29.1 Å². The maximum absolute atomic E-state index is 12.0. The minimum Gasteiger partial charge on any atom is -0.352 e. The van der Waals surface area contributed by atoms with Crippen LogP contribution in [0.1, 0.15) is 27.7 Å². The number of halogens is 1. The van der Waals surface area contributed by atoms with E-state index in [1.807, 2.05) is 38.1 Å². The maximum Gasteiger partial charge on any atom is 0.233 e. The van der Waals surface area contributed by atoms with Crippen LogP contribution in [0.25, 0.3) is 0 Å². The molecule has 1 N–H and O–H groups in total. The quantitative estimate of drug-likeness (QED) is 0.829. The monoisotopic (exact) mass is 285 g/mol. The zero-order chi connectivity index (χ0) is 13.7. The van der Waals surface area contributed by atoms with Crippen LogP contribution in [0.15, 0.2) is 29.2 Å². The molecule has 0 aliphatic rings. The average Bonchev–Trinajstić information content (AvgIpc) is 2.31. The lowest BCUT2D eigenvalue weighted by Crippen LogP contribution is -2.40. The Morgan fingerprint density at radius 1 is 1.17 bits per heavy atom. The molecule has 18 heavy (non-hydrogen) atoms. The molecule has 0 bridgehead atoms. The highest BCUT2D eigenvalue weighted by atomic mass is 35.5. The van der Waals surface area contributed by atoms with E-state index in [4.69, 9.17) is 11.6 Å². The van der Waals surface area contributed by atoms with Crippen LogP contribution in [0.2, 0.25) is 5.02 Å². The van der Waals surface area contributed by atoms with Gasteiger partial charge in [-0.05, 0) is 44.0 Å². The van der Waals surface area contributed by atoms with Gasteiger partial charge in [0.2, 0.25) is 5.91 Å². The van der Waals surface area contributed by atoms with E-state index in [2.05, 4.69) is 19.2 Å². The molecule has 0 radical (unpaired) electrons. The van der Waals surface area contributed by atoms with Gasteiger partial charge in [0.05, 0.1) is 5.25 Å². The van der Waals surface area contributed by atoms with Crippen molar-refractivity contribution in [3.05, 3.63) is 29.3 Å². The summed E-state index contributed by atoms with van der Waals surface area (Å²) >= 11 is 7.37. The lowest BCUT2D eigenvalue weighted by molar-refractivity contribution is -0.121. The first kappa shape index (κ1) is 15.4. The zero-order valence-electron chi connectivity index (χ0n) is 11.2. The van der Waals surface area contributed by atoms with Crippen LogP contribution < -0.4 is 5.32 Å². The van der Waals surface area contributed by atoms with E-state index in [0.717, 1.165) is 4.90 Å². The van der Waals surface area contributed by atoms with E-state index < -0.39 is 0 Å². The van der Waals surface area contributed by atoms with Crippen LogP contribution in [-0.4, -0.2) is 17.2 Å². The van der Waals surface area contributed by atoms with Crippen LogP contribution in [0.3, 0.4) is 0 Å². The predicted octanol–water partition coefficient (Wildman–Crippen LogP) is 3.98. The molecule has 2 nitrogen and oxygen atoms in total. The van der Waals surface area contributed by atoms with Gasteiger partial charge in [-0.2, -0.15) is 0 Å².